The first kappa shape index (κ1) is 11.5. The van der Waals surface area contributed by atoms with E-state index in [4.69, 9.17) is 4.42 Å². The SMILES string of the molecule is Cc1ccc2oc(C(=O)C3CCNC3C)cc2c1. The van der Waals surface area contributed by atoms with Gasteiger partial charge in [-0.15, -0.1) is 0 Å². The number of carbonyl (C=O) groups excluding carboxylic acids is 1. The number of fused-ring (bicyclic) bond motifs is 1. The Morgan fingerprint density at radius 1 is 1.39 bits per heavy atom. The summed E-state index contributed by atoms with van der Waals surface area (Å²) >= 11 is 0. The predicted molar refractivity (Wildman–Crippen MR) is 70.9 cm³/mol. The fraction of sp³-hybridized carbons (Fsp3) is 0.400. The van der Waals surface area contributed by atoms with E-state index in [1.54, 1.807) is 0 Å². The zero-order valence-electron chi connectivity index (χ0n) is 10.7. The first-order valence-electron chi connectivity index (χ1n) is 6.43. The first-order chi connectivity index (χ1) is 8.65. The molecule has 3 nitrogen and oxygen atoms in total. The number of Topliss-reactive ketones (excluding diaryl/α,β-unsaturated/α-hetero) is 1. The Kier molecular flexibility index (Phi) is 2.71. The van der Waals surface area contributed by atoms with Crippen molar-refractivity contribution in [2.24, 2.45) is 5.92 Å². The lowest BCUT2D eigenvalue weighted by Gasteiger charge is -2.11. The van der Waals surface area contributed by atoms with Crippen LogP contribution in [-0.2, 0) is 0 Å². The molecule has 1 aromatic heterocycles. The minimum atomic E-state index is 0.0478. The number of nitrogens with one attached hydrogen (secondary N) is 1. The Bertz CT molecular complexity index is 600. The quantitative estimate of drug-likeness (QED) is 0.825. The van der Waals surface area contributed by atoms with Gasteiger partial charge in [-0.3, -0.25) is 4.79 Å². The number of aryl methyl sites for hydroxylation is 1. The van der Waals surface area contributed by atoms with Gasteiger partial charge in [0.05, 0.1) is 0 Å². The third kappa shape index (κ3) is 1.85. The molecule has 3 rings (SSSR count). The molecule has 94 valence electrons. The van der Waals surface area contributed by atoms with Gasteiger partial charge in [0.25, 0.3) is 0 Å². The minimum Gasteiger partial charge on any atom is -0.453 e. The van der Waals surface area contributed by atoms with E-state index in [1.807, 2.05) is 31.2 Å². The van der Waals surface area contributed by atoms with Gasteiger partial charge in [0, 0.05) is 17.3 Å². The van der Waals surface area contributed by atoms with Gasteiger partial charge in [-0.1, -0.05) is 11.6 Å². The van der Waals surface area contributed by atoms with E-state index in [1.165, 1.54) is 5.56 Å². The fourth-order valence-electron chi connectivity index (χ4n) is 2.68. The van der Waals surface area contributed by atoms with E-state index in [0.717, 1.165) is 23.9 Å². The first-order valence-corrected chi connectivity index (χ1v) is 6.43. The zero-order valence-corrected chi connectivity index (χ0v) is 10.7. The highest BCUT2D eigenvalue weighted by Gasteiger charge is 2.31. The van der Waals surface area contributed by atoms with Gasteiger partial charge in [-0.25, -0.2) is 0 Å². The summed E-state index contributed by atoms with van der Waals surface area (Å²) in [5.41, 5.74) is 1.97. The van der Waals surface area contributed by atoms with E-state index in [0.29, 0.717) is 5.76 Å². The lowest BCUT2D eigenvalue weighted by Crippen LogP contribution is -2.27. The van der Waals surface area contributed by atoms with Gasteiger partial charge in [-0.05, 0) is 45.0 Å². The van der Waals surface area contributed by atoms with Gasteiger partial charge in [0.2, 0.25) is 5.78 Å². The average molecular weight is 243 g/mol. The maximum absolute atomic E-state index is 12.4. The Labute approximate surface area is 106 Å². The van der Waals surface area contributed by atoms with Crippen LogP contribution < -0.4 is 5.32 Å². The van der Waals surface area contributed by atoms with Crippen LogP contribution in [0.25, 0.3) is 11.0 Å². The van der Waals surface area contributed by atoms with Crippen LogP contribution in [0.2, 0.25) is 0 Å². The largest absolute Gasteiger partial charge is 0.453 e. The number of hydrogen-bond acceptors (Lipinski definition) is 3. The van der Waals surface area contributed by atoms with Crippen LogP contribution in [-0.4, -0.2) is 18.4 Å². The maximum atomic E-state index is 12.4. The zero-order chi connectivity index (χ0) is 12.7. The molecular formula is C15H17NO2. The summed E-state index contributed by atoms with van der Waals surface area (Å²) < 4.78 is 5.67. The van der Waals surface area contributed by atoms with Crippen LogP contribution in [0, 0.1) is 12.8 Å². The molecule has 1 N–H and O–H groups in total. The van der Waals surface area contributed by atoms with E-state index in [2.05, 4.69) is 12.2 Å². The average Bonchev–Trinajstić information content (AvgIpc) is 2.93. The third-order valence-electron chi connectivity index (χ3n) is 3.78. The second-order valence-electron chi connectivity index (χ2n) is 5.15. The summed E-state index contributed by atoms with van der Waals surface area (Å²) in [6, 6.07) is 8.09. The fourth-order valence-corrected chi connectivity index (χ4v) is 2.68. The number of rotatable bonds is 2. The third-order valence-corrected chi connectivity index (χ3v) is 3.78. The van der Waals surface area contributed by atoms with Gasteiger partial charge >= 0.3 is 0 Å². The van der Waals surface area contributed by atoms with Gasteiger partial charge in [-0.2, -0.15) is 0 Å². The number of carbonyl (C=O) groups is 1. The van der Waals surface area contributed by atoms with Crippen LogP contribution in [0.5, 0.6) is 0 Å². The molecule has 2 atom stereocenters. The molecule has 1 aromatic carbocycles. The predicted octanol–water partition coefficient (Wildman–Crippen LogP) is 2.92. The van der Waals surface area contributed by atoms with E-state index in [9.17, 15) is 4.79 Å². The monoisotopic (exact) mass is 243 g/mol. The van der Waals surface area contributed by atoms with Crippen molar-refractivity contribution in [3.05, 3.63) is 35.6 Å². The van der Waals surface area contributed by atoms with Crippen LogP contribution in [0.4, 0.5) is 0 Å². The standard InChI is InChI=1S/C15H17NO2/c1-9-3-4-13-11(7-9)8-14(18-13)15(17)12-5-6-16-10(12)2/h3-4,7-8,10,12,16H,5-6H2,1-2H3. The number of ketones is 1. The van der Waals surface area contributed by atoms with Crippen LogP contribution in [0.1, 0.15) is 29.5 Å². The number of hydrogen-bond donors (Lipinski definition) is 1. The normalized spacial score (nSPS) is 23.7. The van der Waals surface area contributed by atoms with Gasteiger partial charge in [0.1, 0.15) is 5.58 Å². The molecule has 1 fully saturated rings. The molecule has 18 heavy (non-hydrogen) atoms. The van der Waals surface area contributed by atoms with Crippen molar-refractivity contribution in [2.45, 2.75) is 26.3 Å². The topological polar surface area (TPSA) is 42.2 Å². The highest BCUT2D eigenvalue weighted by Crippen LogP contribution is 2.26. The Morgan fingerprint density at radius 2 is 2.22 bits per heavy atom. The van der Waals surface area contributed by atoms with Crippen molar-refractivity contribution in [1.29, 1.82) is 0 Å². The van der Waals surface area contributed by atoms with Crippen molar-refractivity contribution in [2.75, 3.05) is 6.54 Å². The van der Waals surface area contributed by atoms with Crippen molar-refractivity contribution >= 4 is 16.8 Å². The molecule has 3 heteroatoms. The molecule has 1 aliphatic heterocycles. The summed E-state index contributed by atoms with van der Waals surface area (Å²) in [5, 5.41) is 4.31. The molecule has 0 radical (unpaired) electrons. The lowest BCUT2D eigenvalue weighted by atomic mass is 9.95. The van der Waals surface area contributed by atoms with Crippen molar-refractivity contribution < 1.29 is 9.21 Å². The number of benzene rings is 1. The highest BCUT2D eigenvalue weighted by atomic mass is 16.3. The summed E-state index contributed by atoms with van der Waals surface area (Å²) in [5.74, 6) is 0.671. The summed E-state index contributed by atoms with van der Waals surface area (Å²) in [6.07, 6.45) is 0.899. The summed E-state index contributed by atoms with van der Waals surface area (Å²) in [4.78, 5) is 12.4. The highest BCUT2D eigenvalue weighted by molar-refractivity contribution is 5.99. The molecule has 0 aliphatic carbocycles. The molecule has 1 saturated heterocycles. The smallest absolute Gasteiger partial charge is 0.202 e. The molecule has 0 saturated carbocycles. The van der Waals surface area contributed by atoms with Gasteiger partial charge in [0.15, 0.2) is 5.76 Å². The molecule has 0 amide bonds. The Hall–Kier alpha value is -1.61. The van der Waals surface area contributed by atoms with E-state index < -0.39 is 0 Å². The minimum absolute atomic E-state index is 0.0478. The molecule has 0 spiro atoms. The molecule has 2 aromatic rings. The molecule has 2 unspecified atom stereocenters. The maximum Gasteiger partial charge on any atom is 0.202 e. The summed E-state index contributed by atoms with van der Waals surface area (Å²) in [7, 11) is 0. The molecule has 1 aliphatic rings. The van der Waals surface area contributed by atoms with Crippen molar-refractivity contribution in [3.8, 4) is 0 Å². The van der Waals surface area contributed by atoms with Crippen LogP contribution in [0.3, 0.4) is 0 Å². The summed E-state index contributed by atoms with van der Waals surface area (Å²) in [6.45, 7) is 5.01. The number of furan rings is 1. The second kappa shape index (κ2) is 4.25. The van der Waals surface area contributed by atoms with E-state index in [-0.39, 0.29) is 17.7 Å². The molecule has 0 bridgehead atoms. The Balaban J connectivity index is 1.96. The molecule has 2 heterocycles. The Morgan fingerprint density at radius 3 is 2.94 bits per heavy atom. The van der Waals surface area contributed by atoms with Gasteiger partial charge < -0.3 is 9.73 Å². The second-order valence-corrected chi connectivity index (χ2v) is 5.15. The van der Waals surface area contributed by atoms with Crippen LogP contribution >= 0.6 is 0 Å². The van der Waals surface area contributed by atoms with E-state index >= 15 is 0 Å². The van der Waals surface area contributed by atoms with Crippen molar-refractivity contribution in [1.82, 2.24) is 5.32 Å². The van der Waals surface area contributed by atoms with Crippen molar-refractivity contribution in [3.63, 3.8) is 0 Å². The van der Waals surface area contributed by atoms with Crippen LogP contribution in [0.15, 0.2) is 28.7 Å². The molecular weight excluding hydrogens is 226 g/mol. The lowest BCUT2D eigenvalue weighted by molar-refractivity contribution is 0.0887.